The van der Waals surface area contributed by atoms with E-state index in [0.717, 1.165) is 0 Å². The van der Waals surface area contributed by atoms with Gasteiger partial charge in [-0.1, -0.05) is 0 Å². The Bertz CT molecular complexity index is 764. The van der Waals surface area contributed by atoms with Crippen LogP contribution in [0.3, 0.4) is 0 Å². The molecule has 0 bridgehead atoms. The molecular formula is C15H13FN2O5. The van der Waals surface area contributed by atoms with E-state index in [-0.39, 0.29) is 23.5 Å². The van der Waals surface area contributed by atoms with Crippen LogP contribution in [0.15, 0.2) is 36.4 Å². The van der Waals surface area contributed by atoms with Gasteiger partial charge in [0.25, 0.3) is 5.69 Å². The summed E-state index contributed by atoms with van der Waals surface area (Å²) in [7, 11) is 0. The molecule has 2 N–H and O–H groups in total. The quantitative estimate of drug-likeness (QED) is 0.647. The highest BCUT2D eigenvalue weighted by atomic mass is 19.1. The van der Waals surface area contributed by atoms with E-state index in [0.29, 0.717) is 11.3 Å². The molecule has 0 fully saturated rings. The molecule has 2 aromatic carbocycles. The summed E-state index contributed by atoms with van der Waals surface area (Å²) >= 11 is 0. The van der Waals surface area contributed by atoms with Gasteiger partial charge in [-0.15, -0.1) is 0 Å². The van der Waals surface area contributed by atoms with Gasteiger partial charge in [-0.2, -0.15) is 0 Å². The highest BCUT2D eigenvalue weighted by Crippen LogP contribution is 2.29. The zero-order chi connectivity index (χ0) is 17.0. The lowest BCUT2D eigenvalue weighted by atomic mass is 10.1. The minimum atomic E-state index is -1.29. The molecule has 0 saturated heterocycles. The number of carbonyl (C=O) groups is 1. The fourth-order valence-electron chi connectivity index (χ4n) is 1.97. The second-order valence-corrected chi connectivity index (χ2v) is 4.72. The number of rotatable bonds is 5. The van der Waals surface area contributed by atoms with Crippen LogP contribution in [0.25, 0.3) is 0 Å². The van der Waals surface area contributed by atoms with Crippen molar-refractivity contribution in [3.8, 4) is 11.5 Å². The third-order valence-corrected chi connectivity index (χ3v) is 3.04. The number of ether oxygens (including phenoxy) is 1. The predicted molar refractivity (Wildman–Crippen MR) is 79.2 cm³/mol. The molecule has 0 spiro atoms. The van der Waals surface area contributed by atoms with Gasteiger partial charge >= 0.3 is 6.09 Å². The van der Waals surface area contributed by atoms with Crippen molar-refractivity contribution in [2.75, 3.05) is 0 Å². The molecule has 0 atom stereocenters. The van der Waals surface area contributed by atoms with E-state index in [2.05, 4.69) is 5.32 Å². The Labute approximate surface area is 130 Å². The Morgan fingerprint density at radius 3 is 2.70 bits per heavy atom. The molecular weight excluding hydrogens is 307 g/mol. The van der Waals surface area contributed by atoms with Gasteiger partial charge in [0.05, 0.1) is 17.0 Å². The zero-order valence-electron chi connectivity index (χ0n) is 12.1. The molecule has 120 valence electrons. The largest absolute Gasteiger partial charge is 0.465 e. The number of nitrogens with zero attached hydrogens (tertiary/aromatic N) is 1. The molecule has 1 amide bonds. The van der Waals surface area contributed by atoms with Gasteiger partial charge in [0.15, 0.2) is 0 Å². The van der Waals surface area contributed by atoms with Crippen LogP contribution in [0.4, 0.5) is 14.9 Å². The number of aryl methyl sites for hydroxylation is 1. The third-order valence-electron chi connectivity index (χ3n) is 3.04. The van der Waals surface area contributed by atoms with Crippen LogP contribution in [0.1, 0.15) is 11.1 Å². The first-order chi connectivity index (χ1) is 10.9. The third kappa shape index (κ3) is 4.16. The van der Waals surface area contributed by atoms with E-state index < -0.39 is 16.8 Å². The van der Waals surface area contributed by atoms with Gasteiger partial charge in [0, 0.05) is 6.07 Å². The number of hydrogen-bond acceptors (Lipinski definition) is 4. The maximum Gasteiger partial charge on any atom is 0.404 e. The maximum absolute atomic E-state index is 13.1. The molecule has 0 aliphatic heterocycles. The van der Waals surface area contributed by atoms with Gasteiger partial charge in [0.1, 0.15) is 17.3 Å². The Morgan fingerprint density at radius 1 is 1.35 bits per heavy atom. The molecule has 0 aliphatic carbocycles. The smallest absolute Gasteiger partial charge is 0.404 e. The summed E-state index contributed by atoms with van der Waals surface area (Å²) in [5.74, 6) is 0.287. The number of nitro benzene ring substituents is 1. The van der Waals surface area contributed by atoms with E-state index in [9.17, 15) is 19.3 Å². The average Bonchev–Trinajstić information content (AvgIpc) is 2.48. The molecule has 0 aromatic heterocycles. The first kappa shape index (κ1) is 16.2. The number of amides is 1. The Hall–Kier alpha value is -3.16. The first-order valence-electron chi connectivity index (χ1n) is 6.55. The van der Waals surface area contributed by atoms with Gasteiger partial charge in [-0.05, 0) is 42.8 Å². The highest BCUT2D eigenvalue weighted by molar-refractivity contribution is 5.64. The van der Waals surface area contributed by atoms with E-state index in [1.54, 1.807) is 6.92 Å². The van der Waals surface area contributed by atoms with E-state index in [1.165, 1.54) is 36.4 Å². The number of nitro groups is 1. The van der Waals surface area contributed by atoms with Crippen molar-refractivity contribution in [2.24, 2.45) is 0 Å². The first-order valence-corrected chi connectivity index (χ1v) is 6.55. The zero-order valence-corrected chi connectivity index (χ0v) is 12.1. The van der Waals surface area contributed by atoms with Crippen LogP contribution in [0.2, 0.25) is 0 Å². The molecule has 23 heavy (non-hydrogen) atoms. The van der Waals surface area contributed by atoms with Crippen LogP contribution in [-0.4, -0.2) is 16.1 Å². The Kier molecular flexibility index (Phi) is 4.75. The summed E-state index contributed by atoms with van der Waals surface area (Å²) < 4.78 is 18.7. The second-order valence-electron chi connectivity index (χ2n) is 4.72. The van der Waals surface area contributed by atoms with Crippen LogP contribution in [0.5, 0.6) is 11.5 Å². The number of benzene rings is 2. The lowest BCUT2D eigenvalue weighted by molar-refractivity contribution is -0.385. The van der Waals surface area contributed by atoms with Crippen molar-refractivity contribution in [3.63, 3.8) is 0 Å². The van der Waals surface area contributed by atoms with Gasteiger partial charge in [-0.3, -0.25) is 10.1 Å². The lowest BCUT2D eigenvalue weighted by Gasteiger charge is -2.10. The van der Waals surface area contributed by atoms with Crippen molar-refractivity contribution in [2.45, 2.75) is 13.5 Å². The number of hydrogen-bond donors (Lipinski definition) is 2. The lowest BCUT2D eigenvalue weighted by Crippen LogP contribution is -2.20. The van der Waals surface area contributed by atoms with Crippen LogP contribution < -0.4 is 10.1 Å². The minimum absolute atomic E-state index is 0.162. The fraction of sp³-hybridized carbons (Fsp3) is 0.133. The van der Waals surface area contributed by atoms with Crippen molar-refractivity contribution < 1.29 is 24.0 Å². The minimum Gasteiger partial charge on any atom is -0.465 e. The molecule has 0 heterocycles. The maximum atomic E-state index is 13.1. The summed E-state index contributed by atoms with van der Waals surface area (Å²) in [6, 6.07) is 7.98. The van der Waals surface area contributed by atoms with Crippen LogP contribution >= 0.6 is 0 Å². The van der Waals surface area contributed by atoms with Crippen molar-refractivity contribution in [1.82, 2.24) is 5.32 Å². The Morgan fingerprint density at radius 2 is 2.09 bits per heavy atom. The molecule has 8 heteroatoms. The summed E-state index contributed by atoms with van der Waals surface area (Å²) in [6.45, 7) is 1.43. The summed E-state index contributed by atoms with van der Waals surface area (Å²) in [5, 5.41) is 21.7. The molecule has 2 rings (SSSR count). The van der Waals surface area contributed by atoms with E-state index >= 15 is 0 Å². The summed E-state index contributed by atoms with van der Waals surface area (Å²) in [4.78, 5) is 20.9. The number of carboxylic acid groups (broad SMARTS) is 1. The Balaban J connectivity index is 2.30. The van der Waals surface area contributed by atoms with Crippen LogP contribution in [0, 0.1) is 22.9 Å². The van der Waals surface area contributed by atoms with Crippen LogP contribution in [-0.2, 0) is 6.54 Å². The molecule has 0 saturated carbocycles. The SMILES string of the molecule is Cc1cc(F)ccc1Oc1ccc([N+](=O)[O-])c(CNC(=O)O)c1. The molecule has 7 nitrogen and oxygen atoms in total. The molecule has 0 unspecified atom stereocenters. The second kappa shape index (κ2) is 6.73. The molecule has 2 aromatic rings. The normalized spacial score (nSPS) is 10.2. The van der Waals surface area contributed by atoms with Gasteiger partial charge in [-0.25, -0.2) is 9.18 Å². The topological polar surface area (TPSA) is 102 Å². The van der Waals surface area contributed by atoms with Gasteiger partial charge < -0.3 is 15.2 Å². The number of halogens is 1. The molecule has 0 aliphatic rings. The van der Waals surface area contributed by atoms with Crippen molar-refractivity contribution in [1.29, 1.82) is 0 Å². The fourth-order valence-corrected chi connectivity index (χ4v) is 1.97. The molecule has 0 radical (unpaired) electrons. The summed E-state index contributed by atoms with van der Waals surface area (Å²) in [5.41, 5.74) is 0.505. The highest BCUT2D eigenvalue weighted by Gasteiger charge is 2.16. The predicted octanol–water partition coefficient (Wildman–Crippen LogP) is 3.60. The van der Waals surface area contributed by atoms with Crippen molar-refractivity contribution >= 4 is 11.8 Å². The van der Waals surface area contributed by atoms with Crippen molar-refractivity contribution in [3.05, 3.63) is 63.5 Å². The monoisotopic (exact) mass is 320 g/mol. The standard InChI is InChI=1S/C15H13FN2O5/c1-9-6-11(16)2-5-14(9)23-12-3-4-13(18(21)22)10(7-12)8-17-15(19)20/h2-7,17H,8H2,1H3,(H,19,20). The van der Waals surface area contributed by atoms with E-state index in [1.807, 2.05) is 0 Å². The van der Waals surface area contributed by atoms with E-state index in [4.69, 9.17) is 9.84 Å². The van der Waals surface area contributed by atoms with Gasteiger partial charge in [0.2, 0.25) is 0 Å². The summed E-state index contributed by atoms with van der Waals surface area (Å²) in [6.07, 6.45) is -1.29. The number of nitrogens with one attached hydrogen (secondary N) is 1. The average molecular weight is 320 g/mol.